The first-order valence-corrected chi connectivity index (χ1v) is 14.3. The monoisotopic (exact) mass is 457 g/mol. The zero-order valence-corrected chi connectivity index (χ0v) is 22.4. The van der Waals surface area contributed by atoms with Gasteiger partial charge in [0.05, 0.1) is 0 Å². The van der Waals surface area contributed by atoms with Gasteiger partial charge in [-0.05, 0) is 98.2 Å². The van der Waals surface area contributed by atoms with Crippen LogP contribution in [0.2, 0.25) is 0 Å². The number of nitrogens with one attached hydrogen (secondary N) is 1. The molecule has 188 valence electrons. The van der Waals surface area contributed by atoms with Gasteiger partial charge >= 0.3 is 6.09 Å². The summed E-state index contributed by atoms with van der Waals surface area (Å²) < 4.78 is 5.74. The van der Waals surface area contributed by atoms with Gasteiger partial charge in [0.25, 0.3) is 0 Å². The average Bonchev–Trinajstić information content (AvgIpc) is 3.11. The van der Waals surface area contributed by atoms with E-state index in [1.54, 1.807) is 5.57 Å². The summed E-state index contributed by atoms with van der Waals surface area (Å²) in [6.45, 7) is 15.1. The molecule has 0 aromatic rings. The van der Waals surface area contributed by atoms with E-state index in [1.165, 1.54) is 57.8 Å². The Bertz CT molecular complexity index is 729. The fourth-order valence-electron chi connectivity index (χ4n) is 9.09. The quantitative estimate of drug-likeness (QED) is 0.392. The Morgan fingerprint density at radius 2 is 1.88 bits per heavy atom. The normalized spacial score (nSPS) is 40.9. The zero-order valence-electron chi connectivity index (χ0n) is 22.4. The van der Waals surface area contributed by atoms with E-state index in [9.17, 15) is 4.79 Å². The fourth-order valence-corrected chi connectivity index (χ4v) is 9.09. The highest BCUT2D eigenvalue weighted by atomic mass is 16.6. The van der Waals surface area contributed by atoms with E-state index in [4.69, 9.17) is 4.74 Å². The van der Waals surface area contributed by atoms with Crippen molar-refractivity contribution in [2.75, 3.05) is 6.54 Å². The number of rotatable bonds is 7. The molecule has 1 amide bonds. The molecule has 3 fully saturated rings. The topological polar surface area (TPSA) is 38.3 Å². The van der Waals surface area contributed by atoms with Gasteiger partial charge in [-0.25, -0.2) is 4.79 Å². The molecule has 0 heterocycles. The molecule has 4 aliphatic rings. The minimum Gasteiger partial charge on any atom is -0.446 e. The van der Waals surface area contributed by atoms with Crippen LogP contribution in [-0.4, -0.2) is 18.7 Å². The highest BCUT2D eigenvalue weighted by Gasteiger charge is 2.59. The van der Waals surface area contributed by atoms with Crippen LogP contribution in [0.25, 0.3) is 0 Å². The van der Waals surface area contributed by atoms with Gasteiger partial charge < -0.3 is 10.1 Å². The van der Waals surface area contributed by atoms with Gasteiger partial charge in [0.2, 0.25) is 0 Å². The van der Waals surface area contributed by atoms with Crippen molar-refractivity contribution in [2.24, 2.45) is 46.3 Å². The third-order valence-corrected chi connectivity index (χ3v) is 10.9. The van der Waals surface area contributed by atoms with E-state index in [-0.39, 0.29) is 12.2 Å². The fraction of sp³-hybridized carbons (Fsp3) is 0.900. The summed E-state index contributed by atoms with van der Waals surface area (Å²) in [4.78, 5) is 12.0. The first kappa shape index (κ1) is 25.1. The molecule has 1 N–H and O–H groups in total. The largest absolute Gasteiger partial charge is 0.446 e. The van der Waals surface area contributed by atoms with Crippen LogP contribution >= 0.6 is 0 Å². The second-order valence-corrected chi connectivity index (χ2v) is 13.1. The molecule has 4 aliphatic carbocycles. The van der Waals surface area contributed by atoms with E-state index in [2.05, 4.69) is 46.0 Å². The molecule has 4 rings (SSSR count). The van der Waals surface area contributed by atoms with Gasteiger partial charge in [-0.15, -0.1) is 0 Å². The van der Waals surface area contributed by atoms with Gasteiger partial charge in [0.1, 0.15) is 6.10 Å². The molecule has 0 radical (unpaired) electrons. The molecule has 4 unspecified atom stereocenters. The van der Waals surface area contributed by atoms with E-state index in [1.807, 2.05) is 6.92 Å². The van der Waals surface area contributed by atoms with Gasteiger partial charge in [0, 0.05) is 13.0 Å². The highest BCUT2D eigenvalue weighted by Crippen LogP contribution is 2.67. The van der Waals surface area contributed by atoms with E-state index in [0.29, 0.717) is 17.4 Å². The van der Waals surface area contributed by atoms with Crippen molar-refractivity contribution in [1.82, 2.24) is 5.32 Å². The Morgan fingerprint density at radius 1 is 1.09 bits per heavy atom. The lowest BCUT2D eigenvalue weighted by molar-refractivity contribution is -0.0581. The number of fused-ring (bicyclic) bond motifs is 5. The van der Waals surface area contributed by atoms with Gasteiger partial charge in [0.15, 0.2) is 0 Å². The summed E-state index contributed by atoms with van der Waals surface area (Å²) in [5.41, 5.74) is 2.48. The van der Waals surface area contributed by atoms with Crippen molar-refractivity contribution in [1.29, 1.82) is 0 Å². The number of hydrogen-bond acceptors (Lipinski definition) is 2. The standard InChI is InChI=1S/C30H51NO2/c1-7-31-28(32)33-23-15-17-29(5)22(19-23)11-12-24-26-14-13-25(21(4)10-8-9-20(2)3)30(26,6)18-16-27(24)29/h11,20-21,23-27H,7-10,12-19H2,1-6H3,(H,31,32)/t21-,23?,24?,25-,26?,27?,29+,30-/m1/s1. The summed E-state index contributed by atoms with van der Waals surface area (Å²) in [5, 5.41) is 2.80. The minimum atomic E-state index is -0.242. The van der Waals surface area contributed by atoms with Crippen molar-refractivity contribution in [3.8, 4) is 0 Å². The molecule has 0 saturated heterocycles. The summed E-state index contributed by atoms with van der Waals surface area (Å²) in [7, 11) is 0. The Morgan fingerprint density at radius 3 is 2.61 bits per heavy atom. The van der Waals surface area contributed by atoms with Crippen LogP contribution in [0.1, 0.15) is 112 Å². The zero-order chi connectivity index (χ0) is 23.8. The number of ether oxygens (including phenoxy) is 1. The van der Waals surface area contributed by atoms with E-state index >= 15 is 0 Å². The first-order chi connectivity index (χ1) is 15.7. The van der Waals surface area contributed by atoms with Crippen molar-refractivity contribution < 1.29 is 9.53 Å². The lowest BCUT2D eigenvalue weighted by atomic mass is 9.47. The van der Waals surface area contributed by atoms with Gasteiger partial charge in [-0.1, -0.05) is 65.5 Å². The molecule has 0 aromatic carbocycles. The minimum absolute atomic E-state index is 0.0591. The van der Waals surface area contributed by atoms with Gasteiger partial charge in [-0.3, -0.25) is 0 Å². The maximum atomic E-state index is 12.0. The van der Waals surface area contributed by atoms with E-state index < -0.39 is 0 Å². The second kappa shape index (κ2) is 9.94. The highest BCUT2D eigenvalue weighted by molar-refractivity contribution is 5.67. The molecular weight excluding hydrogens is 406 g/mol. The van der Waals surface area contributed by atoms with E-state index in [0.717, 1.165) is 48.3 Å². The van der Waals surface area contributed by atoms with Crippen LogP contribution in [-0.2, 0) is 4.74 Å². The SMILES string of the molecule is CCNC(=O)OC1CC[C@@]2(C)C(=CCC3C2CC[C@@]2(C)C3CC[C@@H]2[C@H](C)CCCC(C)C)C1. The number of alkyl carbamates (subject to hydrolysis) is 1. The Hall–Kier alpha value is -0.990. The predicted octanol–water partition coefficient (Wildman–Crippen LogP) is 8.14. The van der Waals surface area contributed by atoms with Gasteiger partial charge in [-0.2, -0.15) is 0 Å². The average molecular weight is 458 g/mol. The van der Waals surface area contributed by atoms with Crippen molar-refractivity contribution in [3.63, 3.8) is 0 Å². The Kier molecular flexibility index (Phi) is 7.56. The second-order valence-electron chi connectivity index (χ2n) is 13.1. The summed E-state index contributed by atoms with van der Waals surface area (Å²) in [6.07, 6.45) is 16.8. The molecule has 0 bridgehead atoms. The van der Waals surface area contributed by atoms with Crippen molar-refractivity contribution in [3.05, 3.63) is 11.6 Å². The molecule has 8 atom stereocenters. The first-order valence-electron chi connectivity index (χ1n) is 14.3. The third kappa shape index (κ3) is 4.76. The maximum Gasteiger partial charge on any atom is 0.407 e. The molecule has 3 saturated carbocycles. The smallest absolute Gasteiger partial charge is 0.407 e. The molecule has 0 aromatic heterocycles. The number of carbonyl (C=O) groups excluding carboxylic acids is 1. The van der Waals surface area contributed by atoms with Crippen LogP contribution in [0.4, 0.5) is 4.79 Å². The summed E-state index contributed by atoms with van der Waals surface area (Å²) >= 11 is 0. The lowest BCUT2D eigenvalue weighted by Gasteiger charge is -2.58. The predicted molar refractivity (Wildman–Crippen MR) is 137 cm³/mol. The van der Waals surface area contributed by atoms with Crippen molar-refractivity contribution in [2.45, 2.75) is 118 Å². The van der Waals surface area contributed by atoms with Crippen LogP contribution < -0.4 is 5.32 Å². The third-order valence-electron chi connectivity index (χ3n) is 10.9. The molecule has 3 nitrogen and oxygen atoms in total. The maximum absolute atomic E-state index is 12.0. The molecule has 3 heteroatoms. The van der Waals surface area contributed by atoms with Crippen molar-refractivity contribution >= 4 is 6.09 Å². The van der Waals surface area contributed by atoms with Crippen LogP contribution in [0, 0.1) is 46.3 Å². The number of allylic oxidation sites excluding steroid dienone is 1. The molecular formula is C30H51NO2. The lowest BCUT2D eigenvalue weighted by Crippen LogP contribution is -2.51. The van der Waals surface area contributed by atoms with Crippen LogP contribution in [0.3, 0.4) is 0 Å². The number of hydrogen-bond donors (Lipinski definition) is 1. The Labute approximate surface area is 203 Å². The molecule has 0 aliphatic heterocycles. The van der Waals surface area contributed by atoms with Crippen LogP contribution in [0.5, 0.6) is 0 Å². The molecule has 33 heavy (non-hydrogen) atoms. The Balaban J connectivity index is 1.43. The number of amides is 1. The van der Waals surface area contributed by atoms with Crippen LogP contribution in [0.15, 0.2) is 11.6 Å². The summed E-state index contributed by atoms with van der Waals surface area (Å²) in [5.74, 6) is 5.25. The molecule has 0 spiro atoms. The number of carbonyl (C=O) groups is 1. The summed E-state index contributed by atoms with van der Waals surface area (Å²) in [6, 6.07) is 0.